The zero-order valence-corrected chi connectivity index (χ0v) is 14.5. The average molecular weight is 366 g/mol. The zero-order valence-electron chi connectivity index (χ0n) is 12.8. The summed E-state index contributed by atoms with van der Waals surface area (Å²) in [5.74, 6) is -1.13. The van der Waals surface area contributed by atoms with Crippen molar-refractivity contribution in [2.45, 2.75) is 37.6 Å². The van der Waals surface area contributed by atoms with Gasteiger partial charge in [-0.05, 0) is 57.6 Å². The molecule has 2 heterocycles. The summed E-state index contributed by atoms with van der Waals surface area (Å²) < 4.78 is 5.76. The van der Waals surface area contributed by atoms with Crippen LogP contribution >= 0.6 is 22.7 Å². The number of aliphatic hydroxyl groups excluding tert-OH is 1. The Morgan fingerprint density at radius 1 is 1.25 bits per heavy atom. The fourth-order valence-corrected chi connectivity index (χ4v) is 4.14. The van der Waals surface area contributed by atoms with Crippen LogP contribution in [0.4, 0.5) is 0 Å². The number of hydrogen-bond acceptors (Lipinski definition) is 6. The lowest BCUT2D eigenvalue weighted by Crippen LogP contribution is -2.46. The molecule has 0 saturated carbocycles. The summed E-state index contributed by atoms with van der Waals surface area (Å²) in [5, 5.41) is 38.2. The predicted octanol–water partition coefficient (Wildman–Crippen LogP) is 2.79. The van der Waals surface area contributed by atoms with Gasteiger partial charge in [-0.2, -0.15) is 22.7 Å². The van der Waals surface area contributed by atoms with Crippen molar-refractivity contribution in [2.75, 3.05) is 0 Å². The molecule has 2 aromatic heterocycles. The van der Waals surface area contributed by atoms with Crippen LogP contribution in [0.2, 0.25) is 0 Å². The van der Waals surface area contributed by atoms with Crippen LogP contribution in [0.3, 0.4) is 0 Å². The van der Waals surface area contributed by atoms with Crippen LogP contribution in [0, 0.1) is 0 Å². The monoisotopic (exact) mass is 366 g/mol. The molecule has 0 bridgehead atoms. The lowest BCUT2D eigenvalue weighted by atomic mass is 9.78. The van der Waals surface area contributed by atoms with E-state index >= 15 is 0 Å². The largest absolute Gasteiger partial charge is 0.490 e. The molecule has 0 unspecified atom stereocenters. The van der Waals surface area contributed by atoms with Crippen LogP contribution in [0.15, 0.2) is 45.0 Å². The fourth-order valence-electron chi connectivity index (χ4n) is 2.82. The Hall–Kier alpha value is -1.67. The van der Waals surface area contributed by atoms with E-state index in [4.69, 9.17) is 4.74 Å². The second-order valence-corrected chi connectivity index (χ2v) is 7.35. The number of thiophene rings is 2. The van der Waals surface area contributed by atoms with Crippen molar-refractivity contribution in [1.82, 2.24) is 0 Å². The molecule has 0 spiro atoms. The molecule has 3 N–H and O–H groups in total. The molecule has 1 aliphatic carbocycles. The summed E-state index contributed by atoms with van der Waals surface area (Å²) in [4.78, 5) is 11.7. The third-order valence-electron chi connectivity index (χ3n) is 4.17. The highest BCUT2D eigenvalue weighted by molar-refractivity contribution is 7.08. The van der Waals surface area contributed by atoms with Crippen LogP contribution in [0.5, 0.6) is 0 Å². The molecule has 1 aliphatic rings. The average Bonchev–Trinajstić information content (AvgIpc) is 3.23. The van der Waals surface area contributed by atoms with Crippen LogP contribution in [-0.4, -0.2) is 33.0 Å². The van der Waals surface area contributed by atoms with E-state index in [1.807, 2.05) is 33.7 Å². The van der Waals surface area contributed by atoms with Crippen LogP contribution < -0.4 is 0 Å². The van der Waals surface area contributed by atoms with Gasteiger partial charge in [0.2, 0.25) is 0 Å². The van der Waals surface area contributed by atoms with Crippen molar-refractivity contribution in [3.63, 3.8) is 0 Å². The third-order valence-corrected chi connectivity index (χ3v) is 5.63. The van der Waals surface area contributed by atoms with E-state index in [0.717, 1.165) is 11.1 Å². The van der Waals surface area contributed by atoms with E-state index < -0.39 is 17.7 Å². The molecule has 2 aromatic rings. The van der Waals surface area contributed by atoms with Gasteiger partial charge < -0.3 is 20.1 Å². The molecule has 24 heavy (non-hydrogen) atoms. The van der Waals surface area contributed by atoms with Gasteiger partial charge in [0.1, 0.15) is 18.5 Å². The second-order valence-electron chi connectivity index (χ2n) is 5.79. The van der Waals surface area contributed by atoms with Gasteiger partial charge in [-0.25, -0.2) is 4.79 Å². The summed E-state index contributed by atoms with van der Waals surface area (Å²) in [7, 11) is 0. The Labute approximate surface area is 147 Å². The van der Waals surface area contributed by atoms with Crippen molar-refractivity contribution in [2.24, 2.45) is 0 Å². The van der Waals surface area contributed by atoms with Crippen LogP contribution in [-0.2, 0) is 22.6 Å². The van der Waals surface area contributed by atoms with Crippen molar-refractivity contribution < 1.29 is 24.9 Å². The molecule has 0 aliphatic heterocycles. The van der Waals surface area contributed by atoms with E-state index in [-0.39, 0.29) is 37.2 Å². The van der Waals surface area contributed by atoms with Crippen LogP contribution in [0.1, 0.15) is 24.0 Å². The topological polar surface area (TPSA) is 87.0 Å². The van der Waals surface area contributed by atoms with Gasteiger partial charge >= 0.3 is 5.97 Å². The molecule has 128 valence electrons. The van der Waals surface area contributed by atoms with Crippen LogP contribution in [0.25, 0.3) is 0 Å². The molecular formula is C17H18O5S2. The fraction of sp³-hybridized carbons (Fsp3) is 0.353. The van der Waals surface area contributed by atoms with E-state index in [1.54, 1.807) is 0 Å². The molecule has 3 rings (SSSR count). The standard InChI is InChI=1S/C17H18O5S2/c18-14-1-4-17(21,16(19)20)13(7-11-2-5-23-9-11)15(14)22-8-12-3-6-24-10-12/h2-3,5-6,9-10,14,18,21H,1,4,7-8H2,(H,19,20)/t14-,17+/m0/s1. The summed E-state index contributed by atoms with van der Waals surface area (Å²) in [6.45, 7) is 0.235. The maximum absolute atomic E-state index is 11.7. The molecule has 0 saturated heterocycles. The maximum Gasteiger partial charge on any atom is 0.340 e. The van der Waals surface area contributed by atoms with Gasteiger partial charge in [0.05, 0.1) is 0 Å². The van der Waals surface area contributed by atoms with Crippen molar-refractivity contribution in [1.29, 1.82) is 0 Å². The lowest BCUT2D eigenvalue weighted by Gasteiger charge is -2.35. The Morgan fingerprint density at radius 2 is 1.92 bits per heavy atom. The first-order valence-electron chi connectivity index (χ1n) is 7.53. The Kier molecular flexibility index (Phi) is 5.05. The highest BCUT2D eigenvalue weighted by Gasteiger charge is 2.46. The van der Waals surface area contributed by atoms with Gasteiger partial charge in [0.25, 0.3) is 0 Å². The zero-order chi connectivity index (χ0) is 17.2. The number of aliphatic carboxylic acids is 1. The smallest absolute Gasteiger partial charge is 0.340 e. The minimum atomic E-state index is -2.01. The predicted molar refractivity (Wildman–Crippen MR) is 92.0 cm³/mol. The summed E-state index contributed by atoms with van der Waals surface area (Å²) >= 11 is 3.03. The first-order chi connectivity index (χ1) is 11.5. The van der Waals surface area contributed by atoms with Crippen molar-refractivity contribution in [3.05, 3.63) is 56.1 Å². The SMILES string of the molecule is O=C(O)[C@@]1(O)CC[C@H](O)C(OCc2ccsc2)=C1Cc1ccsc1. The Morgan fingerprint density at radius 3 is 2.50 bits per heavy atom. The maximum atomic E-state index is 11.7. The molecule has 2 atom stereocenters. The molecule has 0 fully saturated rings. The van der Waals surface area contributed by atoms with Crippen molar-refractivity contribution >= 4 is 28.6 Å². The highest BCUT2D eigenvalue weighted by atomic mass is 32.1. The first-order valence-corrected chi connectivity index (χ1v) is 9.41. The quantitative estimate of drug-likeness (QED) is 0.732. The number of carboxylic acids is 1. The van der Waals surface area contributed by atoms with Crippen molar-refractivity contribution in [3.8, 4) is 0 Å². The first kappa shape index (κ1) is 17.2. The molecule has 7 heteroatoms. The number of hydrogen-bond donors (Lipinski definition) is 3. The minimum Gasteiger partial charge on any atom is -0.490 e. The van der Waals surface area contributed by atoms with Gasteiger partial charge in [-0.15, -0.1) is 0 Å². The van der Waals surface area contributed by atoms with E-state index in [0.29, 0.717) is 0 Å². The number of carboxylic acid groups (broad SMARTS) is 1. The number of ether oxygens (including phenoxy) is 1. The normalized spacial score (nSPS) is 24.2. The van der Waals surface area contributed by atoms with Gasteiger partial charge in [0.15, 0.2) is 5.60 Å². The van der Waals surface area contributed by atoms with E-state index in [2.05, 4.69) is 0 Å². The van der Waals surface area contributed by atoms with Gasteiger partial charge in [0, 0.05) is 12.0 Å². The Balaban J connectivity index is 1.96. The van der Waals surface area contributed by atoms with Gasteiger partial charge in [-0.1, -0.05) is 0 Å². The summed E-state index contributed by atoms with van der Waals surface area (Å²) in [6, 6.07) is 3.78. The minimum absolute atomic E-state index is 0.0335. The summed E-state index contributed by atoms with van der Waals surface area (Å²) in [6.07, 6.45) is -0.553. The molecular weight excluding hydrogens is 348 g/mol. The van der Waals surface area contributed by atoms with E-state index in [1.165, 1.54) is 22.7 Å². The summed E-state index contributed by atoms with van der Waals surface area (Å²) in [5.41, 5.74) is 0.0623. The molecule has 0 amide bonds. The van der Waals surface area contributed by atoms with E-state index in [9.17, 15) is 20.1 Å². The molecule has 0 radical (unpaired) electrons. The highest BCUT2D eigenvalue weighted by Crippen LogP contribution is 2.37. The number of aliphatic hydroxyl groups is 2. The number of carbonyl (C=O) groups is 1. The molecule has 0 aromatic carbocycles. The Bertz CT molecular complexity index is 720. The molecule has 5 nitrogen and oxygen atoms in total. The third kappa shape index (κ3) is 3.39. The van der Waals surface area contributed by atoms with Gasteiger partial charge in [-0.3, -0.25) is 0 Å². The lowest BCUT2D eigenvalue weighted by molar-refractivity contribution is -0.157. The number of rotatable bonds is 6. The second kappa shape index (κ2) is 7.06.